The molecule has 0 aromatic carbocycles. The molecule has 0 amide bonds. The normalized spacial score (nSPS) is 16.9. The van der Waals surface area contributed by atoms with E-state index >= 15 is 0 Å². The largest absolute Gasteiger partial charge is 0.465 e. The standard InChI is InChI=1S/C16H20N6O/c1-11-4-5-14(23-11)13(22-6-2-3-7-22)9-17-15-12-8-20-21-16(12)19-10-18-15/h4-5,8,10,13H,2-3,6-7,9H2,1H3,(H2,17,18,19,20,21)/t13-/m0/s1. The number of fused-ring (bicyclic) bond motifs is 1. The number of hydrogen-bond acceptors (Lipinski definition) is 6. The van der Waals surface area contributed by atoms with Gasteiger partial charge in [0.1, 0.15) is 23.7 Å². The highest BCUT2D eigenvalue weighted by Crippen LogP contribution is 2.27. The maximum atomic E-state index is 5.89. The lowest BCUT2D eigenvalue weighted by atomic mass is 10.2. The minimum absolute atomic E-state index is 0.211. The second-order valence-electron chi connectivity index (χ2n) is 5.94. The summed E-state index contributed by atoms with van der Waals surface area (Å²) in [7, 11) is 0. The number of anilines is 1. The van der Waals surface area contributed by atoms with Crippen LogP contribution in [0.25, 0.3) is 11.0 Å². The van der Waals surface area contributed by atoms with Crippen LogP contribution in [0.2, 0.25) is 0 Å². The maximum Gasteiger partial charge on any atom is 0.160 e. The summed E-state index contributed by atoms with van der Waals surface area (Å²) in [5, 5.41) is 11.3. The highest BCUT2D eigenvalue weighted by Gasteiger charge is 2.26. The summed E-state index contributed by atoms with van der Waals surface area (Å²) in [6.45, 7) is 4.94. The smallest absolute Gasteiger partial charge is 0.160 e. The van der Waals surface area contributed by atoms with E-state index in [-0.39, 0.29) is 6.04 Å². The number of furan rings is 1. The molecule has 7 nitrogen and oxygen atoms in total. The van der Waals surface area contributed by atoms with E-state index in [4.69, 9.17) is 4.42 Å². The first-order valence-electron chi connectivity index (χ1n) is 7.99. The Bertz CT molecular complexity index is 789. The van der Waals surface area contributed by atoms with Crippen LogP contribution in [-0.2, 0) is 0 Å². The number of aryl methyl sites for hydroxylation is 1. The molecule has 0 radical (unpaired) electrons. The summed E-state index contributed by atoms with van der Waals surface area (Å²) < 4.78 is 5.89. The zero-order valence-corrected chi connectivity index (χ0v) is 13.1. The lowest BCUT2D eigenvalue weighted by Gasteiger charge is -2.26. The van der Waals surface area contributed by atoms with Crippen LogP contribution in [0.15, 0.2) is 29.1 Å². The number of aromatic nitrogens is 4. The molecule has 0 saturated carbocycles. The zero-order chi connectivity index (χ0) is 15.6. The van der Waals surface area contributed by atoms with E-state index in [0.717, 1.165) is 48.0 Å². The van der Waals surface area contributed by atoms with Gasteiger partial charge in [-0.1, -0.05) is 0 Å². The summed E-state index contributed by atoms with van der Waals surface area (Å²) in [4.78, 5) is 11.0. The summed E-state index contributed by atoms with van der Waals surface area (Å²) >= 11 is 0. The molecule has 0 aliphatic carbocycles. The van der Waals surface area contributed by atoms with Crippen LogP contribution >= 0.6 is 0 Å². The summed E-state index contributed by atoms with van der Waals surface area (Å²) in [5.41, 5.74) is 0.745. The Balaban J connectivity index is 1.56. The number of H-pyrrole nitrogens is 1. The molecule has 4 rings (SSSR count). The van der Waals surface area contributed by atoms with E-state index in [1.54, 1.807) is 12.5 Å². The van der Waals surface area contributed by atoms with Gasteiger partial charge in [0, 0.05) is 6.54 Å². The van der Waals surface area contributed by atoms with Crippen LogP contribution < -0.4 is 5.32 Å². The van der Waals surface area contributed by atoms with Crippen molar-refractivity contribution in [3.8, 4) is 0 Å². The molecule has 7 heteroatoms. The Morgan fingerprint density at radius 1 is 1.30 bits per heavy atom. The van der Waals surface area contributed by atoms with Crippen molar-refractivity contribution < 1.29 is 4.42 Å². The molecule has 1 fully saturated rings. The van der Waals surface area contributed by atoms with E-state index in [2.05, 4.69) is 36.4 Å². The Kier molecular flexibility index (Phi) is 3.70. The van der Waals surface area contributed by atoms with Crippen LogP contribution in [0.1, 0.15) is 30.4 Å². The molecule has 2 N–H and O–H groups in total. The van der Waals surface area contributed by atoms with E-state index in [9.17, 15) is 0 Å². The minimum Gasteiger partial charge on any atom is -0.465 e. The molecule has 3 aromatic heterocycles. The molecular weight excluding hydrogens is 292 g/mol. The zero-order valence-electron chi connectivity index (χ0n) is 13.1. The average molecular weight is 312 g/mol. The first-order valence-corrected chi connectivity index (χ1v) is 7.99. The molecule has 23 heavy (non-hydrogen) atoms. The monoisotopic (exact) mass is 312 g/mol. The molecule has 1 aliphatic rings. The second-order valence-corrected chi connectivity index (χ2v) is 5.94. The number of likely N-dealkylation sites (tertiary alicyclic amines) is 1. The second kappa shape index (κ2) is 6.00. The van der Waals surface area contributed by atoms with Crippen molar-refractivity contribution in [2.45, 2.75) is 25.8 Å². The maximum absolute atomic E-state index is 5.89. The Labute approximate surface area is 134 Å². The van der Waals surface area contributed by atoms with Gasteiger partial charge in [-0.3, -0.25) is 10.00 Å². The van der Waals surface area contributed by atoms with Gasteiger partial charge in [-0.25, -0.2) is 9.97 Å². The predicted molar refractivity (Wildman–Crippen MR) is 87.2 cm³/mol. The van der Waals surface area contributed by atoms with Gasteiger partial charge in [0.05, 0.1) is 17.6 Å². The molecule has 1 aliphatic heterocycles. The van der Waals surface area contributed by atoms with Crippen LogP contribution in [0, 0.1) is 6.92 Å². The molecule has 0 bridgehead atoms. The third-order valence-corrected chi connectivity index (χ3v) is 4.38. The molecule has 1 saturated heterocycles. The number of hydrogen-bond donors (Lipinski definition) is 2. The van der Waals surface area contributed by atoms with E-state index in [1.165, 1.54) is 12.8 Å². The summed E-state index contributed by atoms with van der Waals surface area (Å²) in [6.07, 6.45) is 5.79. The highest BCUT2D eigenvalue weighted by atomic mass is 16.3. The van der Waals surface area contributed by atoms with E-state index in [1.807, 2.05) is 13.0 Å². The van der Waals surface area contributed by atoms with Crippen LogP contribution in [0.5, 0.6) is 0 Å². The van der Waals surface area contributed by atoms with Gasteiger partial charge < -0.3 is 9.73 Å². The number of rotatable bonds is 5. The number of aromatic amines is 1. The van der Waals surface area contributed by atoms with Crippen molar-refractivity contribution in [2.24, 2.45) is 0 Å². The predicted octanol–water partition coefficient (Wildman–Crippen LogP) is 2.50. The topological polar surface area (TPSA) is 82.9 Å². The molecule has 1 atom stereocenters. The van der Waals surface area contributed by atoms with Gasteiger partial charge in [0.2, 0.25) is 0 Å². The van der Waals surface area contributed by atoms with Gasteiger partial charge in [-0.15, -0.1) is 0 Å². The Morgan fingerprint density at radius 3 is 2.96 bits per heavy atom. The van der Waals surface area contributed by atoms with E-state index in [0.29, 0.717) is 0 Å². The molecule has 4 heterocycles. The van der Waals surface area contributed by atoms with E-state index < -0.39 is 0 Å². The summed E-state index contributed by atoms with van der Waals surface area (Å²) in [6, 6.07) is 4.31. The fourth-order valence-corrected chi connectivity index (χ4v) is 3.19. The third kappa shape index (κ3) is 2.79. The van der Waals surface area contributed by atoms with Crippen LogP contribution in [-0.4, -0.2) is 44.7 Å². The molecule has 120 valence electrons. The van der Waals surface area contributed by atoms with Gasteiger partial charge in [-0.2, -0.15) is 5.10 Å². The average Bonchev–Trinajstić information content (AvgIpc) is 3.28. The fourth-order valence-electron chi connectivity index (χ4n) is 3.19. The van der Waals surface area contributed by atoms with Crippen molar-refractivity contribution in [3.63, 3.8) is 0 Å². The van der Waals surface area contributed by atoms with Crippen molar-refractivity contribution in [3.05, 3.63) is 36.2 Å². The molecule has 0 spiro atoms. The lowest BCUT2D eigenvalue weighted by Crippen LogP contribution is -2.31. The molecule has 0 unspecified atom stereocenters. The summed E-state index contributed by atoms with van der Waals surface area (Å²) in [5.74, 6) is 2.76. The SMILES string of the molecule is Cc1ccc([C@H](CNc2ncnc3[nH]ncc23)N2CCCC2)o1. The number of nitrogens with one attached hydrogen (secondary N) is 2. The quantitative estimate of drug-likeness (QED) is 0.753. The van der Waals surface area contributed by atoms with Crippen molar-refractivity contribution in [1.29, 1.82) is 0 Å². The van der Waals surface area contributed by atoms with Crippen molar-refractivity contribution in [1.82, 2.24) is 25.1 Å². The van der Waals surface area contributed by atoms with Gasteiger partial charge >= 0.3 is 0 Å². The third-order valence-electron chi connectivity index (χ3n) is 4.38. The van der Waals surface area contributed by atoms with Crippen LogP contribution in [0.3, 0.4) is 0 Å². The molecule has 3 aromatic rings. The first-order chi connectivity index (χ1) is 11.3. The Morgan fingerprint density at radius 2 is 2.17 bits per heavy atom. The lowest BCUT2D eigenvalue weighted by molar-refractivity contribution is 0.223. The van der Waals surface area contributed by atoms with Crippen molar-refractivity contribution >= 4 is 16.9 Å². The van der Waals surface area contributed by atoms with Gasteiger partial charge in [-0.05, 0) is 45.0 Å². The fraction of sp³-hybridized carbons (Fsp3) is 0.438. The van der Waals surface area contributed by atoms with Crippen LogP contribution in [0.4, 0.5) is 5.82 Å². The van der Waals surface area contributed by atoms with Gasteiger partial charge in [0.25, 0.3) is 0 Å². The minimum atomic E-state index is 0.211. The number of nitrogens with zero attached hydrogens (tertiary/aromatic N) is 4. The molecular formula is C16H20N6O. The Hall–Kier alpha value is -2.41. The van der Waals surface area contributed by atoms with Crippen molar-refractivity contribution in [2.75, 3.05) is 25.0 Å². The highest BCUT2D eigenvalue weighted by molar-refractivity contribution is 5.85. The first kappa shape index (κ1) is 14.2. The van der Waals surface area contributed by atoms with Gasteiger partial charge in [0.15, 0.2) is 5.65 Å².